The number of non-ortho nitro benzene ring substituents is 1. The number of nitrogens with one attached hydrogen (secondary N) is 1. The maximum Gasteiger partial charge on any atom is 0.278 e. The second-order valence-corrected chi connectivity index (χ2v) is 5.42. The van der Waals surface area contributed by atoms with E-state index in [1.165, 1.54) is 12.3 Å². The van der Waals surface area contributed by atoms with Gasteiger partial charge in [-0.05, 0) is 25.0 Å². The van der Waals surface area contributed by atoms with E-state index in [0.717, 1.165) is 17.5 Å². The third-order valence-corrected chi connectivity index (χ3v) is 3.94. The summed E-state index contributed by atoms with van der Waals surface area (Å²) in [5, 5.41) is 15.5. The average Bonchev–Trinajstić information content (AvgIpc) is 3.01. The molecule has 120 valence electrons. The van der Waals surface area contributed by atoms with E-state index in [0.29, 0.717) is 18.4 Å². The van der Waals surface area contributed by atoms with E-state index in [9.17, 15) is 14.9 Å². The van der Waals surface area contributed by atoms with Gasteiger partial charge in [0.1, 0.15) is 6.10 Å². The number of nitro groups is 1. The maximum atomic E-state index is 11.1. The van der Waals surface area contributed by atoms with E-state index in [2.05, 4.69) is 10.3 Å². The van der Waals surface area contributed by atoms with Crippen LogP contribution in [0.1, 0.15) is 12.8 Å². The first-order valence-corrected chi connectivity index (χ1v) is 7.26. The number of pyridine rings is 1. The molecular weight excluding hydrogens is 300 g/mol. The number of carbonyl (C=O) groups excluding carboxylic acids is 1. The fourth-order valence-corrected chi connectivity index (χ4v) is 2.78. The third-order valence-electron chi connectivity index (χ3n) is 3.94. The fraction of sp³-hybridized carbons (Fsp3) is 0.333. The van der Waals surface area contributed by atoms with Gasteiger partial charge in [-0.2, -0.15) is 0 Å². The number of nitrogens with zero attached hydrogens (tertiary/aromatic N) is 2. The number of nitrogens with two attached hydrogens (primary N) is 1. The number of aromatic nitrogens is 1. The predicted octanol–water partition coefficient (Wildman–Crippen LogP) is 1.59. The van der Waals surface area contributed by atoms with Crippen LogP contribution >= 0.6 is 0 Å². The molecule has 3 N–H and O–H groups in total. The lowest BCUT2D eigenvalue weighted by Crippen LogP contribution is -2.30. The first kappa shape index (κ1) is 15.2. The first-order chi connectivity index (χ1) is 11.1. The van der Waals surface area contributed by atoms with Gasteiger partial charge in [0.2, 0.25) is 5.91 Å². The van der Waals surface area contributed by atoms with Gasteiger partial charge in [0.25, 0.3) is 5.69 Å². The van der Waals surface area contributed by atoms with E-state index in [4.69, 9.17) is 10.5 Å². The Labute approximate surface area is 131 Å². The van der Waals surface area contributed by atoms with E-state index < -0.39 is 16.9 Å². The summed E-state index contributed by atoms with van der Waals surface area (Å²) in [4.78, 5) is 25.7. The topological polar surface area (TPSA) is 120 Å². The Bertz CT molecular complexity index is 764. The predicted molar refractivity (Wildman–Crippen MR) is 84.0 cm³/mol. The van der Waals surface area contributed by atoms with E-state index >= 15 is 0 Å². The summed E-state index contributed by atoms with van der Waals surface area (Å²) in [6, 6.07) is 4.85. The molecule has 0 radical (unpaired) electrons. The molecule has 3 rings (SSSR count). The number of amides is 1. The second kappa shape index (κ2) is 6.17. The van der Waals surface area contributed by atoms with Crippen molar-refractivity contribution in [1.82, 2.24) is 4.98 Å². The van der Waals surface area contributed by atoms with Gasteiger partial charge in [0, 0.05) is 36.1 Å². The monoisotopic (exact) mass is 316 g/mol. The van der Waals surface area contributed by atoms with Gasteiger partial charge in [-0.1, -0.05) is 0 Å². The van der Waals surface area contributed by atoms with Crippen LogP contribution in [-0.4, -0.2) is 34.6 Å². The van der Waals surface area contributed by atoms with Crippen molar-refractivity contribution in [3.63, 3.8) is 0 Å². The highest BCUT2D eigenvalue weighted by molar-refractivity contribution is 5.99. The average molecular weight is 316 g/mol. The van der Waals surface area contributed by atoms with Gasteiger partial charge in [0.05, 0.1) is 16.4 Å². The van der Waals surface area contributed by atoms with Crippen LogP contribution < -0.4 is 11.1 Å². The summed E-state index contributed by atoms with van der Waals surface area (Å²) in [6.07, 6.45) is 3.79. The van der Waals surface area contributed by atoms with Crippen LogP contribution in [0.2, 0.25) is 0 Å². The van der Waals surface area contributed by atoms with Crippen LogP contribution in [0.3, 0.4) is 0 Å². The Morgan fingerprint density at radius 2 is 2.22 bits per heavy atom. The van der Waals surface area contributed by atoms with Crippen molar-refractivity contribution in [2.45, 2.75) is 25.0 Å². The fourth-order valence-electron chi connectivity index (χ4n) is 2.78. The quantitative estimate of drug-likeness (QED) is 0.638. The molecule has 1 fully saturated rings. The number of hydrogen-bond donors (Lipinski definition) is 2. The molecule has 2 atom stereocenters. The van der Waals surface area contributed by atoms with Gasteiger partial charge < -0.3 is 15.8 Å². The molecule has 23 heavy (non-hydrogen) atoms. The molecule has 1 aliphatic heterocycles. The summed E-state index contributed by atoms with van der Waals surface area (Å²) >= 11 is 0. The van der Waals surface area contributed by atoms with Crippen molar-refractivity contribution < 1.29 is 14.5 Å². The highest BCUT2D eigenvalue weighted by atomic mass is 16.6. The molecule has 2 aromatic rings. The zero-order valence-electron chi connectivity index (χ0n) is 12.3. The summed E-state index contributed by atoms with van der Waals surface area (Å²) in [7, 11) is 0. The van der Waals surface area contributed by atoms with Gasteiger partial charge in [-0.3, -0.25) is 19.9 Å². The third kappa shape index (κ3) is 3.07. The molecule has 1 saturated heterocycles. The van der Waals surface area contributed by atoms with Crippen LogP contribution in [-0.2, 0) is 9.53 Å². The number of benzene rings is 1. The Balaban J connectivity index is 1.78. The lowest BCUT2D eigenvalue weighted by Gasteiger charge is -2.15. The molecule has 1 amide bonds. The molecule has 2 heterocycles. The highest BCUT2D eigenvalue weighted by Crippen LogP contribution is 2.31. The van der Waals surface area contributed by atoms with E-state index in [1.54, 1.807) is 18.3 Å². The molecule has 1 aromatic carbocycles. The van der Waals surface area contributed by atoms with Crippen molar-refractivity contribution in [2.24, 2.45) is 5.73 Å². The van der Waals surface area contributed by atoms with Crippen molar-refractivity contribution in [3.8, 4) is 0 Å². The minimum absolute atomic E-state index is 0.0181. The Morgan fingerprint density at radius 1 is 1.39 bits per heavy atom. The van der Waals surface area contributed by atoms with Crippen molar-refractivity contribution in [3.05, 3.63) is 40.7 Å². The van der Waals surface area contributed by atoms with Crippen molar-refractivity contribution in [1.29, 1.82) is 0 Å². The lowest BCUT2D eigenvalue weighted by molar-refractivity contribution is -0.383. The molecule has 2 unspecified atom stereocenters. The zero-order valence-corrected chi connectivity index (χ0v) is 12.3. The lowest BCUT2D eigenvalue weighted by atomic mass is 10.1. The number of fused-ring (bicyclic) bond motifs is 1. The summed E-state index contributed by atoms with van der Waals surface area (Å²) in [5.41, 5.74) is 6.01. The number of hydrogen-bond acceptors (Lipinski definition) is 6. The van der Waals surface area contributed by atoms with E-state index in [1.807, 2.05) is 0 Å². The number of nitro benzene ring substituents is 1. The van der Waals surface area contributed by atoms with Crippen LogP contribution in [0.15, 0.2) is 30.6 Å². The van der Waals surface area contributed by atoms with Gasteiger partial charge in [-0.15, -0.1) is 0 Å². The number of carbonyl (C=O) groups is 1. The highest BCUT2D eigenvalue weighted by Gasteiger charge is 2.29. The second-order valence-electron chi connectivity index (χ2n) is 5.42. The Morgan fingerprint density at radius 3 is 2.91 bits per heavy atom. The molecular formula is C15H16N4O4. The Kier molecular flexibility index (Phi) is 4.07. The minimum atomic E-state index is -0.528. The molecule has 0 spiro atoms. The smallest absolute Gasteiger partial charge is 0.278 e. The molecule has 8 heteroatoms. The van der Waals surface area contributed by atoms with E-state index in [-0.39, 0.29) is 11.8 Å². The minimum Gasteiger partial charge on any atom is -0.382 e. The SMILES string of the molecule is NC(=O)C1CCC(CNc2ccc([N+](=O)[O-])c3cnccc23)O1. The van der Waals surface area contributed by atoms with Crippen molar-refractivity contribution >= 4 is 28.1 Å². The Hall–Kier alpha value is -2.74. The van der Waals surface area contributed by atoms with Crippen LogP contribution in [0.4, 0.5) is 11.4 Å². The number of ether oxygens (including phenoxy) is 1. The van der Waals surface area contributed by atoms with Gasteiger partial charge in [0.15, 0.2) is 0 Å². The summed E-state index contributed by atoms with van der Waals surface area (Å²) in [6.45, 7) is 0.499. The van der Waals surface area contributed by atoms with Crippen LogP contribution in [0.25, 0.3) is 10.8 Å². The molecule has 8 nitrogen and oxygen atoms in total. The number of anilines is 1. The largest absolute Gasteiger partial charge is 0.382 e. The first-order valence-electron chi connectivity index (χ1n) is 7.26. The molecule has 0 bridgehead atoms. The van der Waals surface area contributed by atoms with Crippen LogP contribution in [0, 0.1) is 10.1 Å². The molecule has 1 aliphatic rings. The normalized spacial score (nSPS) is 20.5. The molecule has 1 aromatic heterocycles. The standard InChI is InChI=1S/C15H16N4O4/c16-15(20)14-4-1-9(23-14)7-18-12-2-3-13(19(21)22)11-8-17-6-5-10(11)12/h2-3,5-6,8-9,14,18H,1,4,7H2,(H2,16,20). The van der Waals surface area contributed by atoms with Crippen LogP contribution in [0.5, 0.6) is 0 Å². The summed E-state index contributed by atoms with van der Waals surface area (Å²) < 4.78 is 5.56. The summed E-state index contributed by atoms with van der Waals surface area (Å²) in [5.74, 6) is -0.445. The van der Waals surface area contributed by atoms with Gasteiger partial charge in [-0.25, -0.2) is 0 Å². The van der Waals surface area contributed by atoms with Crippen molar-refractivity contribution in [2.75, 3.05) is 11.9 Å². The molecule has 0 aliphatic carbocycles. The number of primary amides is 1. The number of rotatable bonds is 5. The maximum absolute atomic E-state index is 11.1. The zero-order chi connectivity index (χ0) is 16.4. The van der Waals surface area contributed by atoms with Gasteiger partial charge >= 0.3 is 0 Å². The molecule has 0 saturated carbocycles.